The predicted molar refractivity (Wildman–Crippen MR) is 59.1 cm³/mol. The predicted octanol–water partition coefficient (Wildman–Crippen LogP) is 0.669. The van der Waals surface area contributed by atoms with Crippen LogP contribution in [-0.4, -0.2) is 36.3 Å². The molecule has 0 aromatic heterocycles. The number of nitrogens with zero attached hydrogens (tertiary/aromatic N) is 1. The first kappa shape index (κ1) is 12.3. The second-order valence-corrected chi connectivity index (χ2v) is 4.23. The molecule has 5 nitrogen and oxygen atoms in total. The molecule has 0 amide bonds. The number of rotatable bonds is 5. The number of ether oxygens (including phenoxy) is 1. The first-order valence-corrected chi connectivity index (χ1v) is 5.41. The van der Waals surface area contributed by atoms with Crippen LogP contribution in [0.25, 0.3) is 0 Å². The minimum Gasteiger partial charge on any atom is -0.409 e. The fourth-order valence-corrected chi connectivity index (χ4v) is 2.12. The van der Waals surface area contributed by atoms with E-state index in [1.165, 1.54) is 0 Å². The molecule has 4 N–H and O–H groups in total. The fourth-order valence-electron chi connectivity index (χ4n) is 2.12. The van der Waals surface area contributed by atoms with Crippen molar-refractivity contribution in [3.05, 3.63) is 0 Å². The van der Waals surface area contributed by atoms with Gasteiger partial charge in [0.1, 0.15) is 5.84 Å². The Morgan fingerprint density at radius 1 is 1.67 bits per heavy atom. The van der Waals surface area contributed by atoms with Gasteiger partial charge in [-0.25, -0.2) is 0 Å². The second kappa shape index (κ2) is 5.92. The molecule has 3 unspecified atom stereocenters. The lowest BCUT2D eigenvalue weighted by molar-refractivity contribution is 0.106. The Morgan fingerprint density at radius 3 is 2.93 bits per heavy atom. The van der Waals surface area contributed by atoms with Gasteiger partial charge in [0, 0.05) is 25.6 Å². The Morgan fingerprint density at radius 2 is 2.40 bits per heavy atom. The van der Waals surface area contributed by atoms with Gasteiger partial charge in [-0.1, -0.05) is 5.16 Å². The number of hydrogen-bond acceptors (Lipinski definition) is 4. The smallest absolute Gasteiger partial charge is 0.140 e. The van der Waals surface area contributed by atoms with Gasteiger partial charge in [-0.05, 0) is 26.2 Å². The Balaban J connectivity index is 2.24. The van der Waals surface area contributed by atoms with E-state index in [9.17, 15) is 0 Å². The van der Waals surface area contributed by atoms with Gasteiger partial charge < -0.3 is 21.0 Å². The Kier molecular flexibility index (Phi) is 4.84. The van der Waals surface area contributed by atoms with E-state index in [0.29, 0.717) is 18.6 Å². The molecular formula is C10H21N3O2. The lowest BCUT2D eigenvalue weighted by Gasteiger charge is -2.18. The Labute approximate surface area is 90.7 Å². The summed E-state index contributed by atoms with van der Waals surface area (Å²) in [5.74, 6) is 0.274. The zero-order valence-corrected chi connectivity index (χ0v) is 9.44. The molecular weight excluding hydrogens is 194 g/mol. The molecule has 0 aliphatic heterocycles. The van der Waals surface area contributed by atoms with Crippen molar-refractivity contribution in [2.75, 3.05) is 7.11 Å². The van der Waals surface area contributed by atoms with Crippen LogP contribution in [0.5, 0.6) is 0 Å². The van der Waals surface area contributed by atoms with E-state index in [2.05, 4.69) is 10.5 Å². The van der Waals surface area contributed by atoms with Crippen molar-refractivity contribution in [2.24, 2.45) is 10.9 Å². The highest BCUT2D eigenvalue weighted by Crippen LogP contribution is 2.21. The highest BCUT2D eigenvalue weighted by molar-refractivity contribution is 5.80. The maximum Gasteiger partial charge on any atom is 0.140 e. The SMILES string of the molecule is COC1CCC(NC(C)CC(N)=NO)C1. The van der Waals surface area contributed by atoms with Crippen molar-refractivity contribution in [1.82, 2.24) is 5.32 Å². The van der Waals surface area contributed by atoms with Crippen LogP contribution in [0.4, 0.5) is 0 Å². The molecule has 1 rings (SSSR count). The molecule has 3 atom stereocenters. The number of nitrogens with two attached hydrogens (primary N) is 1. The minimum atomic E-state index is 0.238. The zero-order valence-electron chi connectivity index (χ0n) is 9.44. The molecule has 5 heteroatoms. The fraction of sp³-hybridized carbons (Fsp3) is 0.900. The van der Waals surface area contributed by atoms with Gasteiger partial charge in [0.15, 0.2) is 0 Å². The van der Waals surface area contributed by atoms with Gasteiger partial charge >= 0.3 is 0 Å². The van der Waals surface area contributed by atoms with E-state index in [1.807, 2.05) is 6.92 Å². The first-order chi connectivity index (χ1) is 7.15. The quantitative estimate of drug-likeness (QED) is 0.272. The molecule has 1 saturated carbocycles. The normalized spacial score (nSPS) is 29.3. The van der Waals surface area contributed by atoms with E-state index >= 15 is 0 Å². The van der Waals surface area contributed by atoms with Crippen LogP contribution in [0.3, 0.4) is 0 Å². The summed E-state index contributed by atoms with van der Waals surface area (Å²) in [5.41, 5.74) is 5.44. The molecule has 0 aromatic rings. The van der Waals surface area contributed by atoms with Crippen molar-refractivity contribution >= 4 is 5.84 Å². The molecule has 0 saturated heterocycles. The van der Waals surface area contributed by atoms with Crippen molar-refractivity contribution in [3.8, 4) is 0 Å². The van der Waals surface area contributed by atoms with E-state index in [0.717, 1.165) is 19.3 Å². The van der Waals surface area contributed by atoms with Crippen LogP contribution in [-0.2, 0) is 4.74 Å². The standard InChI is InChI=1S/C10H21N3O2/c1-7(5-10(11)13-14)12-8-3-4-9(6-8)15-2/h7-9,12,14H,3-6H2,1-2H3,(H2,11,13). The van der Waals surface area contributed by atoms with Crippen LogP contribution in [0.15, 0.2) is 5.16 Å². The van der Waals surface area contributed by atoms with Gasteiger partial charge in [-0.15, -0.1) is 0 Å². The van der Waals surface area contributed by atoms with Crippen molar-refractivity contribution in [2.45, 2.75) is 50.8 Å². The van der Waals surface area contributed by atoms with Gasteiger partial charge in [0.25, 0.3) is 0 Å². The highest BCUT2D eigenvalue weighted by Gasteiger charge is 2.25. The summed E-state index contributed by atoms with van der Waals surface area (Å²) >= 11 is 0. The van der Waals surface area contributed by atoms with E-state index < -0.39 is 0 Å². The maximum atomic E-state index is 8.44. The van der Waals surface area contributed by atoms with Crippen molar-refractivity contribution in [3.63, 3.8) is 0 Å². The Bertz CT molecular complexity index is 221. The summed E-state index contributed by atoms with van der Waals surface area (Å²) in [4.78, 5) is 0. The third kappa shape index (κ3) is 4.05. The zero-order chi connectivity index (χ0) is 11.3. The molecule has 88 valence electrons. The third-order valence-corrected chi connectivity index (χ3v) is 2.88. The van der Waals surface area contributed by atoms with Crippen LogP contribution in [0.1, 0.15) is 32.6 Å². The summed E-state index contributed by atoms with van der Waals surface area (Å²) in [6, 6.07) is 0.734. The van der Waals surface area contributed by atoms with Gasteiger partial charge in [0.2, 0.25) is 0 Å². The number of nitrogens with one attached hydrogen (secondary N) is 1. The van der Waals surface area contributed by atoms with Crippen molar-refractivity contribution < 1.29 is 9.94 Å². The molecule has 1 aliphatic rings. The number of amidine groups is 1. The van der Waals surface area contributed by atoms with E-state index in [-0.39, 0.29) is 11.9 Å². The average Bonchev–Trinajstić information content (AvgIpc) is 2.65. The maximum absolute atomic E-state index is 8.44. The second-order valence-electron chi connectivity index (χ2n) is 4.23. The van der Waals surface area contributed by atoms with Gasteiger partial charge in [-0.3, -0.25) is 0 Å². The average molecular weight is 215 g/mol. The lowest BCUT2D eigenvalue weighted by atomic mass is 10.1. The molecule has 1 fully saturated rings. The van der Waals surface area contributed by atoms with E-state index in [1.54, 1.807) is 7.11 Å². The molecule has 15 heavy (non-hydrogen) atoms. The molecule has 0 heterocycles. The molecule has 0 bridgehead atoms. The van der Waals surface area contributed by atoms with Gasteiger partial charge in [-0.2, -0.15) is 0 Å². The number of methoxy groups -OCH3 is 1. The minimum absolute atomic E-state index is 0.238. The summed E-state index contributed by atoms with van der Waals surface area (Å²) in [6.45, 7) is 2.04. The molecule has 0 radical (unpaired) electrons. The van der Waals surface area contributed by atoms with Crippen LogP contribution in [0.2, 0.25) is 0 Å². The van der Waals surface area contributed by atoms with Crippen molar-refractivity contribution in [1.29, 1.82) is 0 Å². The molecule has 1 aliphatic carbocycles. The van der Waals surface area contributed by atoms with E-state index in [4.69, 9.17) is 15.7 Å². The molecule has 0 spiro atoms. The van der Waals surface area contributed by atoms with Gasteiger partial charge in [0.05, 0.1) is 6.10 Å². The van der Waals surface area contributed by atoms with Crippen LogP contribution < -0.4 is 11.1 Å². The third-order valence-electron chi connectivity index (χ3n) is 2.88. The van der Waals surface area contributed by atoms with Crippen LogP contribution >= 0.6 is 0 Å². The topological polar surface area (TPSA) is 79.9 Å². The first-order valence-electron chi connectivity index (χ1n) is 5.41. The number of oxime groups is 1. The highest BCUT2D eigenvalue weighted by atomic mass is 16.5. The lowest BCUT2D eigenvalue weighted by Crippen LogP contribution is -2.37. The Hall–Kier alpha value is -0.810. The molecule has 0 aromatic carbocycles. The number of hydrogen-bond donors (Lipinski definition) is 3. The summed E-state index contributed by atoms with van der Waals surface area (Å²) < 4.78 is 5.30. The summed E-state index contributed by atoms with van der Waals surface area (Å²) in [5, 5.41) is 14.9. The summed E-state index contributed by atoms with van der Waals surface area (Å²) in [7, 11) is 1.76. The summed E-state index contributed by atoms with van der Waals surface area (Å²) in [6.07, 6.45) is 4.27. The largest absolute Gasteiger partial charge is 0.409 e. The van der Waals surface area contributed by atoms with Crippen LogP contribution in [0, 0.1) is 0 Å². The monoisotopic (exact) mass is 215 g/mol.